The minimum absolute atomic E-state index is 0.184. The average Bonchev–Trinajstić information content (AvgIpc) is 2.68. The Kier molecular flexibility index (Phi) is 4.17. The number of urea groups is 1. The van der Waals surface area contributed by atoms with Crippen molar-refractivity contribution in [2.24, 2.45) is 5.41 Å². The Morgan fingerprint density at radius 2 is 1.79 bits per heavy atom. The highest BCUT2D eigenvalue weighted by molar-refractivity contribution is 6.20. The van der Waals surface area contributed by atoms with Crippen LogP contribution in [0.4, 0.5) is 16.2 Å². The zero-order valence-electron chi connectivity index (χ0n) is 16.3. The molecule has 1 N–H and O–H groups in total. The molecule has 4 rings (SSSR count). The van der Waals surface area contributed by atoms with E-state index in [1.54, 1.807) is 0 Å². The van der Waals surface area contributed by atoms with E-state index >= 15 is 0 Å². The van der Waals surface area contributed by atoms with Gasteiger partial charge in [0.15, 0.2) is 5.41 Å². The number of amides is 5. The van der Waals surface area contributed by atoms with Gasteiger partial charge in [-0.25, -0.2) is 4.79 Å². The maximum absolute atomic E-state index is 13.4. The van der Waals surface area contributed by atoms with Gasteiger partial charge in [0.25, 0.3) is 0 Å². The summed E-state index contributed by atoms with van der Waals surface area (Å²) in [6.07, 6.45) is 2.85. The van der Waals surface area contributed by atoms with Crippen molar-refractivity contribution in [1.29, 1.82) is 0 Å². The first kappa shape index (κ1) is 18.5. The van der Waals surface area contributed by atoms with Crippen LogP contribution in [0.25, 0.3) is 0 Å². The van der Waals surface area contributed by atoms with E-state index in [0.29, 0.717) is 5.69 Å². The zero-order chi connectivity index (χ0) is 20.2. The van der Waals surface area contributed by atoms with E-state index in [9.17, 15) is 19.2 Å². The Balaban J connectivity index is 1.87. The summed E-state index contributed by atoms with van der Waals surface area (Å²) in [5.41, 5.74) is 1.14. The quantitative estimate of drug-likeness (QED) is 0.743. The van der Waals surface area contributed by atoms with Gasteiger partial charge in [-0.05, 0) is 49.4 Å². The number of barbiturate groups is 1. The van der Waals surface area contributed by atoms with Gasteiger partial charge >= 0.3 is 6.03 Å². The molecule has 0 aromatic heterocycles. The Morgan fingerprint density at radius 3 is 2.43 bits per heavy atom. The van der Waals surface area contributed by atoms with Crippen LogP contribution in [0, 0.1) is 5.41 Å². The van der Waals surface area contributed by atoms with E-state index in [0.717, 1.165) is 46.9 Å². The van der Waals surface area contributed by atoms with Crippen molar-refractivity contribution in [3.05, 3.63) is 23.8 Å². The molecule has 3 heterocycles. The van der Waals surface area contributed by atoms with Crippen molar-refractivity contribution in [2.45, 2.75) is 38.6 Å². The van der Waals surface area contributed by atoms with Crippen LogP contribution < -0.4 is 10.2 Å². The molecular weight excluding hydrogens is 360 g/mol. The molecule has 5 amide bonds. The van der Waals surface area contributed by atoms with Crippen LogP contribution in [-0.4, -0.2) is 60.2 Å². The van der Waals surface area contributed by atoms with E-state index in [1.807, 2.05) is 18.2 Å². The van der Waals surface area contributed by atoms with Gasteiger partial charge < -0.3 is 10.2 Å². The molecule has 0 saturated carbocycles. The Bertz CT molecular complexity index is 872. The number of hydrogen-bond donors (Lipinski definition) is 1. The first-order chi connectivity index (χ1) is 13.3. The van der Waals surface area contributed by atoms with Gasteiger partial charge in [-0.3, -0.25) is 24.2 Å². The molecule has 3 aliphatic rings. The number of benzene rings is 1. The SMILES string of the molecule is CC(=O)Nc1ccc2c(c1)CC1(C(=O)N(C)C(=O)N(C)C1=O)[C@H]1CCCCN21. The number of fused-ring (bicyclic) bond motifs is 4. The van der Waals surface area contributed by atoms with Gasteiger partial charge in [0.2, 0.25) is 17.7 Å². The van der Waals surface area contributed by atoms with Gasteiger partial charge in [-0.2, -0.15) is 0 Å². The predicted octanol–water partition coefficient (Wildman–Crippen LogP) is 1.60. The van der Waals surface area contributed by atoms with E-state index < -0.39 is 23.3 Å². The third kappa shape index (κ3) is 2.43. The van der Waals surface area contributed by atoms with Crippen LogP contribution in [0.2, 0.25) is 0 Å². The molecule has 2 fully saturated rings. The van der Waals surface area contributed by atoms with Crippen LogP contribution in [0.15, 0.2) is 18.2 Å². The summed E-state index contributed by atoms with van der Waals surface area (Å²) in [6.45, 7) is 2.19. The lowest BCUT2D eigenvalue weighted by Gasteiger charge is -2.54. The fourth-order valence-corrected chi connectivity index (χ4v) is 4.96. The predicted molar refractivity (Wildman–Crippen MR) is 103 cm³/mol. The molecule has 3 aliphatic heterocycles. The number of carbonyl (C=O) groups is 4. The first-order valence-electron chi connectivity index (χ1n) is 9.55. The lowest BCUT2D eigenvalue weighted by Crippen LogP contribution is -2.72. The number of nitrogens with one attached hydrogen (secondary N) is 1. The van der Waals surface area contributed by atoms with E-state index in [4.69, 9.17) is 0 Å². The third-order valence-electron chi connectivity index (χ3n) is 6.20. The number of rotatable bonds is 1. The molecule has 28 heavy (non-hydrogen) atoms. The summed E-state index contributed by atoms with van der Waals surface area (Å²) in [4.78, 5) is 54.7. The van der Waals surface area contributed by atoms with Gasteiger partial charge in [-0.1, -0.05) is 0 Å². The molecular formula is C20H24N4O4. The van der Waals surface area contributed by atoms with Crippen LogP contribution in [-0.2, 0) is 20.8 Å². The second kappa shape index (κ2) is 6.32. The smallest absolute Gasteiger partial charge is 0.332 e. The number of nitrogens with zero attached hydrogens (tertiary/aromatic N) is 3. The number of anilines is 2. The first-order valence-corrected chi connectivity index (χ1v) is 9.55. The number of imide groups is 2. The second-order valence-electron chi connectivity index (χ2n) is 7.89. The average molecular weight is 384 g/mol. The van der Waals surface area contributed by atoms with Gasteiger partial charge in [0, 0.05) is 38.9 Å². The number of carbonyl (C=O) groups excluding carboxylic acids is 4. The fourth-order valence-electron chi connectivity index (χ4n) is 4.96. The lowest BCUT2D eigenvalue weighted by atomic mass is 9.66. The molecule has 2 saturated heterocycles. The zero-order valence-corrected chi connectivity index (χ0v) is 16.3. The molecule has 0 radical (unpaired) electrons. The van der Waals surface area contributed by atoms with Crippen LogP contribution in [0.3, 0.4) is 0 Å². The monoisotopic (exact) mass is 384 g/mol. The third-order valence-corrected chi connectivity index (χ3v) is 6.20. The van der Waals surface area contributed by atoms with Crippen LogP contribution in [0.5, 0.6) is 0 Å². The molecule has 8 heteroatoms. The molecule has 1 aromatic rings. The van der Waals surface area contributed by atoms with E-state index in [1.165, 1.54) is 21.0 Å². The summed E-state index contributed by atoms with van der Waals surface area (Å²) in [5.74, 6) is -1.06. The Morgan fingerprint density at radius 1 is 1.11 bits per heavy atom. The van der Waals surface area contributed by atoms with Crippen molar-refractivity contribution < 1.29 is 19.2 Å². The highest BCUT2D eigenvalue weighted by Crippen LogP contribution is 2.49. The van der Waals surface area contributed by atoms with E-state index in [-0.39, 0.29) is 18.4 Å². The van der Waals surface area contributed by atoms with Gasteiger partial charge in [0.05, 0.1) is 6.04 Å². The minimum Gasteiger partial charge on any atom is -0.367 e. The highest BCUT2D eigenvalue weighted by atomic mass is 16.2. The standard InChI is InChI=1S/C20H24N4O4/c1-12(25)21-14-7-8-15-13(10-14)11-20(16-6-4-5-9-24(15)16)17(26)22(2)19(28)23(3)18(20)27/h7-8,10,16H,4-6,9,11H2,1-3H3,(H,21,25)/t16-/m1/s1. The molecule has 1 spiro atoms. The molecule has 0 unspecified atom stereocenters. The topological polar surface area (TPSA) is 90.0 Å². The van der Waals surface area contributed by atoms with Gasteiger partial charge in [-0.15, -0.1) is 0 Å². The van der Waals surface area contributed by atoms with Crippen molar-refractivity contribution in [3.63, 3.8) is 0 Å². The van der Waals surface area contributed by atoms with Gasteiger partial charge in [0.1, 0.15) is 0 Å². The maximum atomic E-state index is 13.4. The molecule has 148 valence electrons. The van der Waals surface area contributed by atoms with Crippen molar-refractivity contribution in [2.75, 3.05) is 30.9 Å². The maximum Gasteiger partial charge on any atom is 0.332 e. The Labute approximate surface area is 163 Å². The molecule has 0 aliphatic carbocycles. The van der Waals surface area contributed by atoms with Crippen molar-refractivity contribution >= 4 is 35.1 Å². The molecule has 0 bridgehead atoms. The van der Waals surface area contributed by atoms with Crippen LogP contribution in [0.1, 0.15) is 31.7 Å². The number of hydrogen-bond acceptors (Lipinski definition) is 5. The fraction of sp³-hybridized carbons (Fsp3) is 0.500. The van der Waals surface area contributed by atoms with Crippen LogP contribution >= 0.6 is 0 Å². The summed E-state index contributed by atoms with van der Waals surface area (Å²) >= 11 is 0. The number of piperidine rings is 1. The molecule has 1 atom stereocenters. The van der Waals surface area contributed by atoms with Crippen molar-refractivity contribution in [3.8, 4) is 0 Å². The van der Waals surface area contributed by atoms with E-state index in [2.05, 4.69) is 10.2 Å². The van der Waals surface area contributed by atoms with Crippen molar-refractivity contribution in [1.82, 2.24) is 9.80 Å². The minimum atomic E-state index is -1.32. The molecule has 8 nitrogen and oxygen atoms in total. The Hall–Kier alpha value is -2.90. The summed E-state index contributed by atoms with van der Waals surface area (Å²) in [6, 6.07) is 4.75. The molecule has 1 aromatic carbocycles. The summed E-state index contributed by atoms with van der Waals surface area (Å²) in [7, 11) is 2.87. The summed E-state index contributed by atoms with van der Waals surface area (Å²) in [5, 5.41) is 2.76. The largest absolute Gasteiger partial charge is 0.367 e. The normalized spacial score (nSPS) is 23.6. The lowest BCUT2D eigenvalue weighted by molar-refractivity contribution is -0.159. The summed E-state index contributed by atoms with van der Waals surface area (Å²) < 4.78 is 0. The second-order valence-corrected chi connectivity index (χ2v) is 7.89. The highest BCUT2D eigenvalue weighted by Gasteiger charge is 2.63.